The summed E-state index contributed by atoms with van der Waals surface area (Å²) >= 11 is 5.99. The molecule has 0 spiro atoms. The van der Waals surface area contributed by atoms with Crippen LogP contribution in [0.5, 0.6) is 0 Å². The number of halogens is 1. The summed E-state index contributed by atoms with van der Waals surface area (Å²) in [5.74, 6) is 0.627. The number of aliphatic hydroxyl groups excluding tert-OH is 1. The Balaban J connectivity index is 1.82. The average Bonchev–Trinajstić information content (AvgIpc) is 2.28. The lowest BCUT2D eigenvalue weighted by molar-refractivity contribution is 0.193. The molecular formula is C14H20ClNO. The van der Waals surface area contributed by atoms with Crippen LogP contribution in [0.3, 0.4) is 0 Å². The van der Waals surface area contributed by atoms with Gasteiger partial charge in [0.2, 0.25) is 0 Å². The van der Waals surface area contributed by atoms with Gasteiger partial charge >= 0.3 is 0 Å². The van der Waals surface area contributed by atoms with Crippen LogP contribution in [-0.2, 0) is 0 Å². The van der Waals surface area contributed by atoms with Crippen LogP contribution in [0.15, 0.2) is 24.3 Å². The number of nitrogens with one attached hydrogen (secondary N) is 1. The molecular weight excluding hydrogens is 234 g/mol. The zero-order chi connectivity index (χ0) is 12.3. The Morgan fingerprint density at radius 2 is 2.24 bits per heavy atom. The summed E-state index contributed by atoms with van der Waals surface area (Å²) in [6.45, 7) is 2.33. The van der Waals surface area contributed by atoms with Gasteiger partial charge in [-0.05, 0) is 42.9 Å². The van der Waals surface area contributed by atoms with E-state index in [9.17, 15) is 0 Å². The highest BCUT2D eigenvalue weighted by molar-refractivity contribution is 6.30. The van der Waals surface area contributed by atoms with Crippen molar-refractivity contribution in [1.29, 1.82) is 0 Å². The van der Waals surface area contributed by atoms with Gasteiger partial charge in [0.15, 0.2) is 0 Å². The molecule has 0 unspecified atom stereocenters. The molecule has 17 heavy (non-hydrogen) atoms. The Labute approximate surface area is 108 Å². The van der Waals surface area contributed by atoms with Crippen molar-refractivity contribution in [3.8, 4) is 0 Å². The molecule has 2 nitrogen and oxygen atoms in total. The van der Waals surface area contributed by atoms with Gasteiger partial charge in [0, 0.05) is 17.1 Å². The largest absolute Gasteiger partial charge is 0.395 e. The zero-order valence-electron chi connectivity index (χ0n) is 10.2. The molecule has 0 saturated heterocycles. The van der Waals surface area contributed by atoms with Crippen LogP contribution in [-0.4, -0.2) is 23.8 Å². The third-order valence-corrected chi connectivity index (χ3v) is 3.88. The van der Waals surface area contributed by atoms with E-state index >= 15 is 0 Å². The highest BCUT2D eigenvalue weighted by atomic mass is 35.5. The predicted octanol–water partition coefficient (Wildman–Crippen LogP) is 2.95. The molecule has 0 radical (unpaired) electrons. The molecule has 1 fully saturated rings. The molecule has 1 saturated carbocycles. The Hall–Kier alpha value is -0.570. The number of hydrogen-bond acceptors (Lipinski definition) is 2. The molecule has 3 heteroatoms. The highest BCUT2D eigenvalue weighted by Gasteiger charge is 2.31. The third-order valence-electron chi connectivity index (χ3n) is 3.64. The molecule has 0 bridgehead atoms. The van der Waals surface area contributed by atoms with Crippen molar-refractivity contribution in [2.75, 3.05) is 6.61 Å². The topological polar surface area (TPSA) is 32.3 Å². The lowest BCUT2D eigenvalue weighted by Crippen LogP contribution is -2.46. The number of rotatable bonds is 5. The Bertz CT molecular complexity index is 359. The van der Waals surface area contributed by atoms with Crippen LogP contribution in [0, 0.1) is 0 Å². The van der Waals surface area contributed by atoms with Crippen molar-refractivity contribution in [3.05, 3.63) is 34.9 Å². The normalized spacial score (nSPS) is 25.4. The number of benzene rings is 1. The van der Waals surface area contributed by atoms with Crippen molar-refractivity contribution in [2.45, 2.75) is 44.2 Å². The SMILES string of the molecule is CC[C@@H](CO)NC1CC(c2cccc(Cl)c2)C1. The maximum atomic E-state index is 9.13. The van der Waals surface area contributed by atoms with E-state index in [1.165, 1.54) is 5.56 Å². The monoisotopic (exact) mass is 253 g/mol. The van der Waals surface area contributed by atoms with Crippen LogP contribution in [0.1, 0.15) is 37.7 Å². The van der Waals surface area contributed by atoms with E-state index in [4.69, 9.17) is 16.7 Å². The molecule has 94 valence electrons. The van der Waals surface area contributed by atoms with E-state index in [1.807, 2.05) is 12.1 Å². The van der Waals surface area contributed by atoms with E-state index in [0.29, 0.717) is 12.0 Å². The minimum Gasteiger partial charge on any atom is -0.395 e. The van der Waals surface area contributed by atoms with Gasteiger partial charge in [0.05, 0.1) is 6.61 Å². The van der Waals surface area contributed by atoms with Gasteiger partial charge in [0.1, 0.15) is 0 Å². The fourth-order valence-electron chi connectivity index (χ4n) is 2.42. The lowest BCUT2D eigenvalue weighted by atomic mass is 9.75. The standard InChI is InChI=1S/C14H20ClNO/c1-2-13(9-17)16-14-7-11(8-14)10-4-3-5-12(15)6-10/h3-6,11,13-14,16-17H,2,7-9H2,1H3/t11?,13-,14?/m0/s1. The van der Waals surface area contributed by atoms with E-state index in [-0.39, 0.29) is 12.6 Å². The van der Waals surface area contributed by atoms with Crippen LogP contribution in [0.2, 0.25) is 5.02 Å². The summed E-state index contributed by atoms with van der Waals surface area (Å²) in [5.41, 5.74) is 1.34. The van der Waals surface area contributed by atoms with E-state index in [2.05, 4.69) is 24.4 Å². The maximum Gasteiger partial charge on any atom is 0.0584 e. The summed E-state index contributed by atoms with van der Waals surface area (Å²) in [6, 6.07) is 8.94. The molecule has 0 aliphatic heterocycles. The first-order valence-corrected chi connectivity index (χ1v) is 6.73. The molecule has 0 amide bonds. The van der Waals surface area contributed by atoms with Crippen molar-refractivity contribution < 1.29 is 5.11 Å². The van der Waals surface area contributed by atoms with Crippen molar-refractivity contribution in [1.82, 2.24) is 5.32 Å². The zero-order valence-corrected chi connectivity index (χ0v) is 11.0. The summed E-state index contributed by atoms with van der Waals surface area (Å²) in [7, 11) is 0. The van der Waals surface area contributed by atoms with Gasteiger partial charge in [-0.25, -0.2) is 0 Å². The molecule has 0 heterocycles. The summed E-state index contributed by atoms with van der Waals surface area (Å²) < 4.78 is 0. The molecule has 2 N–H and O–H groups in total. The molecule has 1 aromatic rings. The second-order valence-corrected chi connectivity index (χ2v) is 5.31. The summed E-state index contributed by atoms with van der Waals surface area (Å²) in [4.78, 5) is 0. The first kappa shape index (κ1) is 12.9. The number of aliphatic hydroxyl groups is 1. The first-order valence-electron chi connectivity index (χ1n) is 6.35. The molecule has 1 aliphatic carbocycles. The Kier molecular flexibility index (Phi) is 4.43. The van der Waals surface area contributed by atoms with Gasteiger partial charge in [-0.2, -0.15) is 0 Å². The van der Waals surface area contributed by atoms with Crippen molar-refractivity contribution >= 4 is 11.6 Å². The second kappa shape index (κ2) is 5.85. The first-order chi connectivity index (χ1) is 8.22. The quantitative estimate of drug-likeness (QED) is 0.846. The summed E-state index contributed by atoms with van der Waals surface area (Å²) in [6.07, 6.45) is 3.28. The molecule has 0 aromatic heterocycles. The van der Waals surface area contributed by atoms with Crippen molar-refractivity contribution in [3.63, 3.8) is 0 Å². The van der Waals surface area contributed by atoms with E-state index < -0.39 is 0 Å². The van der Waals surface area contributed by atoms with Crippen LogP contribution in [0.25, 0.3) is 0 Å². The smallest absolute Gasteiger partial charge is 0.0584 e. The second-order valence-electron chi connectivity index (χ2n) is 4.87. The summed E-state index contributed by atoms with van der Waals surface area (Å²) in [5, 5.41) is 13.4. The molecule has 2 rings (SSSR count). The molecule has 1 aromatic carbocycles. The fraction of sp³-hybridized carbons (Fsp3) is 0.571. The van der Waals surface area contributed by atoms with Gasteiger partial charge in [-0.3, -0.25) is 0 Å². The van der Waals surface area contributed by atoms with Gasteiger partial charge in [-0.15, -0.1) is 0 Å². The minimum absolute atomic E-state index is 0.231. The number of hydrogen-bond donors (Lipinski definition) is 2. The predicted molar refractivity (Wildman–Crippen MR) is 71.5 cm³/mol. The highest BCUT2D eigenvalue weighted by Crippen LogP contribution is 2.37. The lowest BCUT2D eigenvalue weighted by Gasteiger charge is -2.38. The van der Waals surface area contributed by atoms with E-state index in [0.717, 1.165) is 24.3 Å². The fourth-order valence-corrected chi connectivity index (χ4v) is 2.62. The van der Waals surface area contributed by atoms with E-state index in [1.54, 1.807) is 0 Å². The minimum atomic E-state index is 0.231. The Morgan fingerprint density at radius 1 is 1.47 bits per heavy atom. The van der Waals surface area contributed by atoms with Gasteiger partial charge in [0.25, 0.3) is 0 Å². The Morgan fingerprint density at radius 3 is 2.82 bits per heavy atom. The molecule has 1 aliphatic rings. The van der Waals surface area contributed by atoms with Gasteiger partial charge in [-0.1, -0.05) is 30.7 Å². The average molecular weight is 254 g/mol. The molecule has 1 atom stereocenters. The van der Waals surface area contributed by atoms with Crippen LogP contribution in [0.4, 0.5) is 0 Å². The van der Waals surface area contributed by atoms with Crippen molar-refractivity contribution in [2.24, 2.45) is 0 Å². The van der Waals surface area contributed by atoms with Crippen LogP contribution >= 0.6 is 11.6 Å². The third kappa shape index (κ3) is 3.21. The van der Waals surface area contributed by atoms with Crippen LogP contribution < -0.4 is 5.32 Å². The van der Waals surface area contributed by atoms with Gasteiger partial charge < -0.3 is 10.4 Å². The maximum absolute atomic E-state index is 9.13.